The van der Waals surface area contributed by atoms with Crippen LogP contribution < -0.4 is 5.32 Å². The average molecular weight is 322 g/mol. The number of nitrogens with zero attached hydrogens (tertiary/aromatic N) is 3. The highest BCUT2D eigenvalue weighted by atomic mass is 32.2. The van der Waals surface area contributed by atoms with Crippen molar-refractivity contribution in [1.82, 2.24) is 20.1 Å². The first-order valence-electron chi connectivity index (χ1n) is 7.62. The summed E-state index contributed by atoms with van der Waals surface area (Å²) < 4.78 is 7.32. The predicted octanol–water partition coefficient (Wildman–Crippen LogP) is 2.96. The molecule has 1 N–H and O–H groups in total. The summed E-state index contributed by atoms with van der Waals surface area (Å²) >= 11 is 1.40. The number of furan rings is 1. The molecule has 0 aliphatic rings. The molecule has 0 bridgehead atoms. The lowest BCUT2D eigenvalue weighted by molar-refractivity contribution is -0.118. The van der Waals surface area contributed by atoms with E-state index in [1.54, 1.807) is 6.26 Å². The Morgan fingerprint density at radius 2 is 2.23 bits per heavy atom. The van der Waals surface area contributed by atoms with Crippen LogP contribution in [0.15, 0.2) is 28.0 Å². The molecule has 2 aromatic rings. The quantitative estimate of drug-likeness (QED) is 0.567. The zero-order chi connectivity index (χ0) is 15.8. The Hall–Kier alpha value is -1.76. The molecule has 6 nitrogen and oxygen atoms in total. The first-order chi connectivity index (χ1) is 10.8. The van der Waals surface area contributed by atoms with E-state index in [1.165, 1.54) is 11.8 Å². The van der Waals surface area contributed by atoms with E-state index >= 15 is 0 Å². The van der Waals surface area contributed by atoms with E-state index in [4.69, 9.17) is 4.42 Å². The molecule has 0 aromatic carbocycles. The zero-order valence-corrected chi connectivity index (χ0v) is 13.9. The van der Waals surface area contributed by atoms with Crippen LogP contribution in [-0.2, 0) is 11.3 Å². The summed E-state index contributed by atoms with van der Waals surface area (Å²) in [6, 6.07) is 3.67. The molecule has 0 aliphatic carbocycles. The Bertz CT molecular complexity index is 580. The van der Waals surface area contributed by atoms with E-state index in [9.17, 15) is 4.79 Å². The maximum absolute atomic E-state index is 11.8. The molecular formula is C15H22N4O2S. The van der Waals surface area contributed by atoms with Gasteiger partial charge in [0.2, 0.25) is 5.91 Å². The minimum absolute atomic E-state index is 0.0336. The third-order valence-electron chi connectivity index (χ3n) is 3.21. The SMILES string of the molecule is CCCCCNC(=O)CSc1nnc(-c2ccco2)n1CC. The first kappa shape index (κ1) is 16.6. The van der Waals surface area contributed by atoms with E-state index < -0.39 is 0 Å². The summed E-state index contributed by atoms with van der Waals surface area (Å²) in [4.78, 5) is 11.8. The van der Waals surface area contributed by atoms with Crippen LogP contribution in [0.5, 0.6) is 0 Å². The highest BCUT2D eigenvalue weighted by molar-refractivity contribution is 7.99. The lowest BCUT2D eigenvalue weighted by Crippen LogP contribution is -2.26. The summed E-state index contributed by atoms with van der Waals surface area (Å²) in [6.07, 6.45) is 4.94. The smallest absolute Gasteiger partial charge is 0.230 e. The second-order valence-corrected chi connectivity index (χ2v) is 5.82. The van der Waals surface area contributed by atoms with Crippen molar-refractivity contribution in [2.45, 2.75) is 44.8 Å². The number of rotatable bonds is 9. The normalized spacial score (nSPS) is 10.8. The third-order valence-corrected chi connectivity index (χ3v) is 4.18. The van der Waals surface area contributed by atoms with Gasteiger partial charge in [-0.25, -0.2) is 0 Å². The monoisotopic (exact) mass is 322 g/mol. The Morgan fingerprint density at radius 1 is 1.36 bits per heavy atom. The van der Waals surface area contributed by atoms with Crippen molar-refractivity contribution in [3.8, 4) is 11.6 Å². The van der Waals surface area contributed by atoms with Gasteiger partial charge in [0.25, 0.3) is 0 Å². The number of carbonyl (C=O) groups is 1. The molecule has 120 valence electrons. The molecule has 0 unspecified atom stereocenters. The number of unbranched alkanes of at least 4 members (excludes halogenated alkanes) is 2. The molecule has 22 heavy (non-hydrogen) atoms. The molecule has 0 saturated carbocycles. The molecule has 0 aliphatic heterocycles. The minimum atomic E-state index is 0.0336. The molecule has 7 heteroatoms. The van der Waals surface area contributed by atoms with Gasteiger partial charge in [0.05, 0.1) is 12.0 Å². The maximum Gasteiger partial charge on any atom is 0.230 e. The molecule has 2 heterocycles. The van der Waals surface area contributed by atoms with Gasteiger partial charge >= 0.3 is 0 Å². The van der Waals surface area contributed by atoms with Crippen LogP contribution in [0.25, 0.3) is 11.6 Å². The van der Waals surface area contributed by atoms with E-state index in [-0.39, 0.29) is 5.91 Å². The van der Waals surface area contributed by atoms with Crippen molar-refractivity contribution < 1.29 is 9.21 Å². The number of aromatic nitrogens is 3. The summed E-state index contributed by atoms with van der Waals surface area (Å²) in [5.41, 5.74) is 0. The average Bonchev–Trinajstić information content (AvgIpc) is 3.17. The van der Waals surface area contributed by atoms with Crippen LogP contribution in [0, 0.1) is 0 Å². The summed E-state index contributed by atoms with van der Waals surface area (Å²) in [5.74, 6) is 1.76. The van der Waals surface area contributed by atoms with Crippen molar-refractivity contribution in [2.24, 2.45) is 0 Å². The van der Waals surface area contributed by atoms with Gasteiger partial charge < -0.3 is 9.73 Å². The van der Waals surface area contributed by atoms with E-state index in [0.29, 0.717) is 17.3 Å². The number of amides is 1. The van der Waals surface area contributed by atoms with Crippen LogP contribution in [0.2, 0.25) is 0 Å². The van der Waals surface area contributed by atoms with Crippen molar-refractivity contribution >= 4 is 17.7 Å². The number of hydrogen-bond acceptors (Lipinski definition) is 5. The Labute approximate surface area is 134 Å². The fraction of sp³-hybridized carbons (Fsp3) is 0.533. The fourth-order valence-corrected chi connectivity index (χ4v) is 2.88. The molecule has 2 rings (SSSR count). The van der Waals surface area contributed by atoms with Gasteiger partial charge in [0.15, 0.2) is 16.7 Å². The highest BCUT2D eigenvalue weighted by Gasteiger charge is 2.15. The molecule has 0 atom stereocenters. The highest BCUT2D eigenvalue weighted by Crippen LogP contribution is 2.23. The number of thioether (sulfide) groups is 1. The van der Waals surface area contributed by atoms with Crippen LogP contribution in [-0.4, -0.2) is 33.0 Å². The lowest BCUT2D eigenvalue weighted by atomic mass is 10.2. The molecule has 2 aromatic heterocycles. The van der Waals surface area contributed by atoms with Gasteiger partial charge in [-0.2, -0.15) is 0 Å². The lowest BCUT2D eigenvalue weighted by Gasteiger charge is -2.06. The van der Waals surface area contributed by atoms with Gasteiger partial charge in [-0.15, -0.1) is 10.2 Å². The second kappa shape index (κ2) is 8.63. The summed E-state index contributed by atoms with van der Waals surface area (Å²) in [6.45, 7) is 5.63. The zero-order valence-electron chi connectivity index (χ0n) is 13.0. The van der Waals surface area contributed by atoms with E-state index in [2.05, 4.69) is 22.4 Å². The summed E-state index contributed by atoms with van der Waals surface area (Å²) in [5, 5.41) is 12.0. The second-order valence-electron chi connectivity index (χ2n) is 4.87. The molecular weight excluding hydrogens is 300 g/mol. The topological polar surface area (TPSA) is 73.0 Å². The molecule has 0 radical (unpaired) electrons. The van der Waals surface area contributed by atoms with Gasteiger partial charge in [-0.05, 0) is 25.5 Å². The standard InChI is InChI=1S/C15H22N4O2S/c1-3-5-6-9-16-13(20)11-22-15-18-17-14(19(15)4-2)12-8-7-10-21-12/h7-8,10H,3-6,9,11H2,1-2H3,(H,16,20). The van der Waals surface area contributed by atoms with Crippen LogP contribution in [0.1, 0.15) is 33.1 Å². The van der Waals surface area contributed by atoms with Crippen molar-refractivity contribution in [2.75, 3.05) is 12.3 Å². The minimum Gasteiger partial charge on any atom is -0.461 e. The van der Waals surface area contributed by atoms with Gasteiger partial charge in [-0.1, -0.05) is 31.5 Å². The van der Waals surface area contributed by atoms with Crippen LogP contribution in [0.3, 0.4) is 0 Å². The molecule has 1 amide bonds. The first-order valence-corrected chi connectivity index (χ1v) is 8.61. The Kier molecular flexibility index (Phi) is 6.51. The van der Waals surface area contributed by atoms with Gasteiger partial charge in [0, 0.05) is 13.1 Å². The number of carbonyl (C=O) groups excluding carboxylic acids is 1. The third kappa shape index (κ3) is 4.37. The molecule has 0 spiro atoms. The van der Waals surface area contributed by atoms with Crippen molar-refractivity contribution in [3.05, 3.63) is 18.4 Å². The Morgan fingerprint density at radius 3 is 2.91 bits per heavy atom. The summed E-state index contributed by atoms with van der Waals surface area (Å²) in [7, 11) is 0. The fourth-order valence-electron chi connectivity index (χ4n) is 2.05. The maximum atomic E-state index is 11.8. The van der Waals surface area contributed by atoms with Crippen LogP contribution in [0.4, 0.5) is 0 Å². The van der Waals surface area contributed by atoms with Gasteiger partial charge in [-0.3, -0.25) is 9.36 Å². The number of nitrogens with one attached hydrogen (secondary N) is 1. The molecule has 0 saturated heterocycles. The Balaban J connectivity index is 1.89. The predicted molar refractivity (Wildman–Crippen MR) is 86.7 cm³/mol. The van der Waals surface area contributed by atoms with E-state index in [0.717, 1.165) is 37.5 Å². The molecule has 0 fully saturated rings. The van der Waals surface area contributed by atoms with Gasteiger partial charge in [0.1, 0.15) is 0 Å². The van der Waals surface area contributed by atoms with Crippen molar-refractivity contribution in [3.63, 3.8) is 0 Å². The van der Waals surface area contributed by atoms with E-state index in [1.807, 2.05) is 23.6 Å². The largest absolute Gasteiger partial charge is 0.461 e. The van der Waals surface area contributed by atoms with Crippen LogP contribution >= 0.6 is 11.8 Å². The number of hydrogen-bond donors (Lipinski definition) is 1. The van der Waals surface area contributed by atoms with Crippen molar-refractivity contribution in [1.29, 1.82) is 0 Å².